The van der Waals surface area contributed by atoms with E-state index in [4.69, 9.17) is 4.74 Å². The fourth-order valence-corrected chi connectivity index (χ4v) is 4.86. The van der Waals surface area contributed by atoms with Gasteiger partial charge in [-0.05, 0) is 72.8 Å². The molecule has 4 aromatic rings. The van der Waals surface area contributed by atoms with E-state index in [-0.39, 0.29) is 44.8 Å². The Labute approximate surface area is 230 Å². The van der Waals surface area contributed by atoms with E-state index in [1.54, 1.807) is 0 Å². The smallest absolute Gasteiger partial charge is 0.336 e. The number of benzene rings is 4. The van der Waals surface area contributed by atoms with E-state index in [9.17, 15) is 39.0 Å². The van der Waals surface area contributed by atoms with E-state index >= 15 is 0 Å². The summed E-state index contributed by atoms with van der Waals surface area (Å²) >= 11 is 0. The van der Waals surface area contributed by atoms with Crippen molar-refractivity contribution in [1.82, 2.24) is 0 Å². The molecule has 0 spiro atoms. The highest BCUT2D eigenvalue weighted by molar-refractivity contribution is 6.37. The van der Waals surface area contributed by atoms with Gasteiger partial charge >= 0.3 is 11.9 Å². The maximum absolute atomic E-state index is 12.9. The Morgan fingerprint density at radius 2 is 0.878 bits per heavy atom. The SMILES string of the molecule is O=C(O)c1cccc2c1C(=O)N(c1ccc(Oc3ccc(N4C(=O)c5cccc(C(=O)O)c5C4=O)cc3)cc1)C2=O. The quantitative estimate of drug-likeness (QED) is 0.331. The van der Waals surface area contributed by atoms with Crippen LogP contribution in [0.2, 0.25) is 0 Å². The van der Waals surface area contributed by atoms with E-state index in [0.717, 1.165) is 9.80 Å². The largest absolute Gasteiger partial charge is 0.478 e. The molecule has 0 aromatic heterocycles. The second-order valence-corrected chi connectivity index (χ2v) is 9.05. The van der Waals surface area contributed by atoms with Gasteiger partial charge in [-0.15, -0.1) is 0 Å². The first kappa shape index (κ1) is 25.2. The summed E-state index contributed by atoms with van der Waals surface area (Å²) in [5.74, 6) is -4.69. The number of fused-ring (bicyclic) bond motifs is 2. The van der Waals surface area contributed by atoms with Gasteiger partial charge in [0.2, 0.25) is 0 Å². The Morgan fingerprint density at radius 1 is 0.512 bits per heavy atom. The molecule has 0 saturated carbocycles. The molecule has 0 bridgehead atoms. The summed E-state index contributed by atoms with van der Waals surface area (Å²) in [6.45, 7) is 0. The lowest BCUT2D eigenvalue weighted by Crippen LogP contribution is -2.29. The second-order valence-electron chi connectivity index (χ2n) is 9.05. The van der Waals surface area contributed by atoms with Crippen LogP contribution >= 0.6 is 0 Å². The van der Waals surface area contributed by atoms with Crippen LogP contribution in [0, 0.1) is 0 Å². The number of amides is 4. The average Bonchev–Trinajstić information content (AvgIpc) is 3.38. The van der Waals surface area contributed by atoms with Crippen molar-refractivity contribution in [2.45, 2.75) is 0 Å². The predicted molar refractivity (Wildman–Crippen MR) is 142 cm³/mol. The minimum atomic E-state index is -1.31. The van der Waals surface area contributed by atoms with E-state index in [1.165, 1.54) is 84.9 Å². The summed E-state index contributed by atoms with van der Waals surface area (Å²) in [5, 5.41) is 18.8. The van der Waals surface area contributed by atoms with Gasteiger partial charge in [0.25, 0.3) is 23.6 Å². The molecule has 4 aromatic carbocycles. The predicted octanol–water partition coefficient (Wildman–Crippen LogP) is 4.48. The molecule has 6 rings (SSSR count). The third kappa shape index (κ3) is 3.91. The number of ether oxygens (including phenoxy) is 1. The van der Waals surface area contributed by atoms with Gasteiger partial charge in [-0.2, -0.15) is 0 Å². The van der Waals surface area contributed by atoms with Crippen LogP contribution < -0.4 is 14.5 Å². The molecule has 4 amide bonds. The molecule has 2 N–H and O–H groups in total. The minimum Gasteiger partial charge on any atom is -0.478 e. The molecule has 2 heterocycles. The molecule has 0 saturated heterocycles. The van der Waals surface area contributed by atoms with Gasteiger partial charge in [-0.3, -0.25) is 19.2 Å². The lowest BCUT2D eigenvalue weighted by molar-refractivity contribution is 0.0683. The normalized spacial score (nSPS) is 13.9. The Balaban J connectivity index is 1.19. The first-order valence-corrected chi connectivity index (χ1v) is 12.1. The first-order chi connectivity index (χ1) is 19.7. The molecular formula is C30H16N2O9. The van der Waals surface area contributed by atoms with Crippen molar-refractivity contribution in [2.75, 3.05) is 9.80 Å². The van der Waals surface area contributed by atoms with Gasteiger partial charge in [0.15, 0.2) is 0 Å². The molecule has 2 aliphatic heterocycles. The molecule has 0 atom stereocenters. The molecule has 0 aliphatic carbocycles. The number of anilines is 2. The van der Waals surface area contributed by atoms with Crippen LogP contribution in [-0.2, 0) is 0 Å². The summed E-state index contributed by atoms with van der Waals surface area (Å²) in [4.78, 5) is 76.5. The van der Waals surface area contributed by atoms with Crippen molar-refractivity contribution in [1.29, 1.82) is 0 Å². The molecule has 11 nitrogen and oxygen atoms in total. The highest BCUT2D eigenvalue weighted by Gasteiger charge is 2.41. The Hall–Kier alpha value is -6.10. The third-order valence-electron chi connectivity index (χ3n) is 6.72. The number of aromatic carboxylic acids is 2. The zero-order valence-electron chi connectivity index (χ0n) is 20.7. The molecule has 0 radical (unpaired) electrons. The van der Waals surface area contributed by atoms with Crippen LogP contribution in [0.4, 0.5) is 11.4 Å². The van der Waals surface area contributed by atoms with Gasteiger partial charge in [0.1, 0.15) is 11.5 Å². The number of carbonyl (C=O) groups is 6. The maximum atomic E-state index is 12.9. The summed E-state index contributed by atoms with van der Waals surface area (Å²) < 4.78 is 5.81. The fourth-order valence-electron chi connectivity index (χ4n) is 4.86. The number of carboxylic acid groups (broad SMARTS) is 2. The molecule has 2 aliphatic rings. The van der Waals surface area contributed by atoms with E-state index < -0.39 is 35.6 Å². The molecular weight excluding hydrogens is 532 g/mol. The summed E-state index contributed by atoms with van der Waals surface area (Å²) in [6, 6.07) is 20.1. The van der Waals surface area contributed by atoms with E-state index in [0.29, 0.717) is 11.5 Å². The molecule has 200 valence electrons. The van der Waals surface area contributed by atoms with Crippen LogP contribution in [0.15, 0.2) is 84.9 Å². The number of carbonyl (C=O) groups excluding carboxylic acids is 4. The maximum Gasteiger partial charge on any atom is 0.336 e. The highest BCUT2D eigenvalue weighted by atomic mass is 16.5. The number of hydrogen-bond acceptors (Lipinski definition) is 7. The van der Waals surface area contributed by atoms with Crippen LogP contribution in [0.25, 0.3) is 0 Å². The third-order valence-corrected chi connectivity index (χ3v) is 6.72. The average molecular weight is 548 g/mol. The number of imide groups is 2. The van der Waals surface area contributed by atoms with Crippen molar-refractivity contribution in [3.05, 3.63) is 118 Å². The van der Waals surface area contributed by atoms with E-state index in [1.807, 2.05) is 0 Å². The zero-order chi connectivity index (χ0) is 29.0. The number of rotatable bonds is 6. The van der Waals surface area contributed by atoms with Gasteiger partial charge in [0.05, 0.1) is 44.8 Å². The first-order valence-electron chi connectivity index (χ1n) is 12.1. The van der Waals surface area contributed by atoms with Crippen LogP contribution in [0.3, 0.4) is 0 Å². The number of carboxylic acids is 2. The van der Waals surface area contributed by atoms with Gasteiger partial charge in [-0.1, -0.05) is 12.1 Å². The summed E-state index contributed by atoms with van der Waals surface area (Å²) in [6.07, 6.45) is 0. The minimum absolute atomic E-state index is 0.00700. The molecule has 41 heavy (non-hydrogen) atoms. The topological polar surface area (TPSA) is 159 Å². The Morgan fingerprint density at radius 3 is 1.22 bits per heavy atom. The fraction of sp³-hybridized carbons (Fsp3) is 0. The van der Waals surface area contributed by atoms with Gasteiger partial charge in [-0.25, -0.2) is 19.4 Å². The van der Waals surface area contributed by atoms with Crippen molar-refractivity contribution in [3.63, 3.8) is 0 Å². The van der Waals surface area contributed by atoms with Gasteiger partial charge < -0.3 is 14.9 Å². The van der Waals surface area contributed by atoms with Gasteiger partial charge in [0, 0.05) is 0 Å². The van der Waals surface area contributed by atoms with Crippen LogP contribution in [0.5, 0.6) is 11.5 Å². The van der Waals surface area contributed by atoms with Crippen LogP contribution in [0.1, 0.15) is 62.1 Å². The van der Waals surface area contributed by atoms with Crippen molar-refractivity contribution < 1.29 is 43.7 Å². The monoisotopic (exact) mass is 548 g/mol. The Bertz CT molecular complexity index is 1710. The zero-order valence-corrected chi connectivity index (χ0v) is 20.7. The summed E-state index contributed by atoms with van der Waals surface area (Å²) in [7, 11) is 0. The van der Waals surface area contributed by atoms with Crippen molar-refractivity contribution in [2.24, 2.45) is 0 Å². The number of nitrogens with zero attached hydrogens (tertiary/aromatic N) is 2. The number of hydrogen-bond donors (Lipinski definition) is 2. The lowest BCUT2D eigenvalue weighted by Gasteiger charge is -2.16. The van der Waals surface area contributed by atoms with Crippen molar-refractivity contribution >= 4 is 46.9 Å². The summed E-state index contributed by atoms with van der Waals surface area (Å²) in [5.41, 5.74) is -0.376. The molecule has 0 unspecified atom stereocenters. The standard InChI is InChI=1S/C30H16N2O9/c33-25-19-3-1-5-21(29(37)38)23(19)27(35)31(25)15-7-11-17(12-8-15)41-18-13-9-16(10-14-18)32-26(34)20-4-2-6-22(30(39)40)24(20)28(32)36/h1-14H,(H,37,38)(H,39,40). The highest BCUT2D eigenvalue weighted by Crippen LogP contribution is 2.34. The molecule has 0 fully saturated rings. The second kappa shape index (κ2) is 9.27. The van der Waals surface area contributed by atoms with Crippen LogP contribution in [-0.4, -0.2) is 45.8 Å². The lowest BCUT2D eigenvalue weighted by atomic mass is 10.0. The van der Waals surface area contributed by atoms with E-state index in [2.05, 4.69) is 0 Å². The molecule has 11 heteroatoms. The van der Waals surface area contributed by atoms with Crippen molar-refractivity contribution in [3.8, 4) is 11.5 Å². The Kier molecular flexibility index (Phi) is 5.70.